The Hall–Kier alpha value is 0.840. The molecular weight excluding hydrogens is 310 g/mol. The Kier molecular flexibility index (Phi) is 4.89. The highest BCUT2D eigenvalue weighted by Gasteiger charge is 2.22. The van der Waals surface area contributed by atoms with E-state index in [2.05, 4.69) is 27.4 Å². The van der Waals surface area contributed by atoms with Crippen LogP contribution in [-0.4, -0.2) is 28.6 Å². The second kappa shape index (κ2) is 5.96. The van der Waals surface area contributed by atoms with Gasteiger partial charge in [0.1, 0.15) is 0 Å². The van der Waals surface area contributed by atoms with E-state index in [0.29, 0.717) is 11.3 Å². The van der Waals surface area contributed by atoms with Gasteiger partial charge in [0, 0.05) is 37.9 Å². The van der Waals surface area contributed by atoms with E-state index in [4.69, 9.17) is 5.73 Å². The first-order valence-corrected chi connectivity index (χ1v) is 8.82. The minimum atomic E-state index is 0.303. The van der Waals surface area contributed by atoms with Crippen LogP contribution in [0.4, 0.5) is 0 Å². The Morgan fingerprint density at radius 1 is 1.53 bits per heavy atom. The van der Waals surface area contributed by atoms with Crippen LogP contribution in [0.1, 0.15) is 4.88 Å². The van der Waals surface area contributed by atoms with Crippen LogP contribution in [0.2, 0.25) is 0 Å². The van der Waals surface area contributed by atoms with Crippen molar-refractivity contribution in [2.45, 2.75) is 17.7 Å². The van der Waals surface area contributed by atoms with Gasteiger partial charge in [-0.15, -0.1) is 11.3 Å². The first-order valence-electron chi connectivity index (χ1n) is 4.94. The fourth-order valence-electron chi connectivity index (χ4n) is 1.57. The maximum Gasteiger partial charge on any atom is 0.0314 e. The summed E-state index contributed by atoms with van der Waals surface area (Å²) in [5, 5.41) is 2.76. The van der Waals surface area contributed by atoms with Gasteiger partial charge >= 0.3 is 0 Å². The molecule has 0 radical (unpaired) electrons. The first kappa shape index (κ1) is 12.3. The van der Waals surface area contributed by atoms with Crippen molar-refractivity contribution < 1.29 is 0 Å². The van der Waals surface area contributed by atoms with Crippen LogP contribution in [0, 0.1) is 0 Å². The molecule has 1 aliphatic rings. The van der Waals surface area contributed by atoms with Crippen LogP contribution >= 0.6 is 50.8 Å². The number of thioether (sulfide) groups is 2. The lowest BCUT2D eigenvalue weighted by molar-refractivity contribution is 0.669. The SMILES string of the molecule is NC(Cc1sccc1Br)C1CSCCS1. The quantitative estimate of drug-likeness (QED) is 0.924. The molecule has 1 aromatic heterocycles. The molecule has 1 aromatic rings. The van der Waals surface area contributed by atoms with Gasteiger partial charge < -0.3 is 5.73 Å². The lowest BCUT2D eigenvalue weighted by Crippen LogP contribution is -2.37. The lowest BCUT2D eigenvalue weighted by Gasteiger charge is -2.26. The predicted molar refractivity (Wildman–Crippen MR) is 77.3 cm³/mol. The smallest absolute Gasteiger partial charge is 0.0314 e. The fourth-order valence-corrected chi connectivity index (χ4v) is 5.98. The zero-order chi connectivity index (χ0) is 10.7. The van der Waals surface area contributed by atoms with Gasteiger partial charge in [0.15, 0.2) is 0 Å². The highest BCUT2D eigenvalue weighted by Crippen LogP contribution is 2.29. The predicted octanol–water partition coefficient (Wildman–Crippen LogP) is 3.23. The average Bonchev–Trinajstić information content (AvgIpc) is 2.66. The molecule has 0 amide bonds. The first-order chi connectivity index (χ1) is 7.27. The van der Waals surface area contributed by atoms with Crippen molar-refractivity contribution in [3.63, 3.8) is 0 Å². The van der Waals surface area contributed by atoms with Gasteiger partial charge in [-0.25, -0.2) is 0 Å². The van der Waals surface area contributed by atoms with E-state index >= 15 is 0 Å². The Bertz CT molecular complexity index is 309. The minimum absolute atomic E-state index is 0.303. The topological polar surface area (TPSA) is 26.0 Å². The third-order valence-corrected chi connectivity index (χ3v) is 7.32. The molecule has 0 aliphatic carbocycles. The number of nitrogens with two attached hydrogens (primary N) is 1. The van der Waals surface area contributed by atoms with E-state index in [-0.39, 0.29) is 0 Å². The van der Waals surface area contributed by atoms with Crippen LogP contribution in [0.5, 0.6) is 0 Å². The molecule has 1 nitrogen and oxygen atoms in total. The third-order valence-electron chi connectivity index (χ3n) is 2.43. The van der Waals surface area contributed by atoms with Crippen molar-refractivity contribution in [2.75, 3.05) is 17.3 Å². The fraction of sp³-hybridized carbons (Fsp3) is 0.600. The summed E-state index contributed by atoms with van der Waals surface area (Å²) in [7, 11) is 0. The largest absolute Gasteiger partial charge is 0.326 e. The molecule has 5 heteroatoms. The molecule has 0 saturated carbocycles. The molecular formula is C10H14BrNS3. The molecule has 1 fully saturated rings. The zero-order valence-electron chi connectivity index (χ0n) is 8.32. The van der Waals surface area contributed by atoms with Gasteiger partial charge in [-0.3, -0.25) is 0 Å². The lowest BCUT2D eigenvalue weighted by atomic mass is 10.1. The number of thiophene rings is 1. The van der Waals surface area contributed by atoms with Crippen molar-refractivity contribution >= 4 is 50.8 Å². The van der Waals surface area contributed by atoms with E-state index in [9.17, 15) is 0 Å². The maximum absolute atomic E-state index is 6.26. The van der Waals surface area contributed by atoms with E-state index in [1.165, 1.54) is 26.6 Å². The van der Waals surface area contributed by atoms with Gasteiger partial charge in [-0.1, -0.05) is 0 Å². The molecule has 2 N–H and O–H groups in total. The molecule has 2 unspecified atom stereocenters. The summed E-state index contributed by atoms with van der Waals surface area (Å²) in [6.45, 7) is 0. The van der Waals surface area contributed by atoms with Gasteiger partial charge in [0.05, 0.1) is 0 Å². The van der Waals surface area contributed by atoms with Crippen LogP contribution in [0.3, 0.4) is 0 Å². The summed E-state index contributed by atoms with van der Waals surface area (Å²) in [6, 6.07) is 2.41. The molecule has 15 heavy (non-hydrogen) atoms. The summed E-state index contributed by atoms with van der Waals surface area (Å²) in [6.07, 6.45) is 1.01. The maximum atomic E-state index is 6.26. The number of hydrogen-bond acceptors (Lipinski definition) is 4. The van der Waals surface area contributed by atoms with Gasteiger partial charge in [0.2, 0.25) is 0 Å². The van der Waals surface area contributed by atoms with Crippen molar-refractivity contribution in [2.24, 2.45) is 5.73 Å². The van der Waals surface area contributed by atoms with Crippen molar-refractivity contribution in [1.29, 1.82) is 0 Å². The molecule has 0 spiro atoms. The summed E-state index contributed by atoms with van der Waals surface area (Å²) in [4.78, 5) is 1.39. The number of halogens is 1. The Labute approximate surface area is 112 Å². The zero-order valence-corrected chi connectivity index (χ0v) is 12.4. The molecule has 2 rings (SSSR count). The van der Waals surface area contributed by atoms with Crippen LogP contribution < -0.4 is 5.73 Å². The normalized spacial score (nSPS) is 24.0. The Morgan fingerprint density at radius 2 is 2.40 bits per heavy atom. The highest BCUT2D eigenvalue weighted by molar-refractivity contribution is 9.10. The monoisotopic (exact) mass is 323 g/mol. The molecule has 0 bridgehead atoms. The average molecular weight is 324 g/mol. The Morgan fingerprint density at radius 3 is 3.00 bits per heavy atom. The van der Waals surface area contributed by atoms with Crippen LogP contribution in [0.15, 0.2) is 15.9 Å². The molecule has 2 heterocycles. The van der Waals surface area contributed by atoms with E-state index in [1.54, 1.807) is 11.3 Å². The van der Waals surface area contributed by atoms with Crippen molar-refractivity contribution in [3.05, 3.63) is 20.8 Å². The van der Waals surface area contributed by atoms with E-state index in [0.717, 1.165) is 6.42 Å². The van der Waals surface area contributed by atoms with Gasteiger partial charge in [0.25, 0.3) is 0 Å². The van der Waals surface area contributed by atoms with E-state index < -0.39 is 0 Å². The number of rotatable bonds is 3. The van der Waals surface area contributed by atoms with Crippen LogP contribution in [-0.2, 0) is 6.42 Å². The minimum Gasteiger partial charge on any atom is -0.326 e. The summed E-state index contributed by atoms with van der Waals surface area (Å²) in [5.74, 6) is 3.76. The summed E-state index contributed by atoms with van der Waals surface area (Å²) < 4.78 is 1.22. The van der Waals surface area contributed by atoms with Gasteiger partial charge in [-0.05, 0) is 33.8 Å². The van der Waals surface area contributed by atoms with Crippen molar-refractivity contribution in [3.8, 4) is 0 Å². The second-order valence-electron chi connectivity index (χ2n) is 3.54. The molecule has 1 saturated heterocycles. The number of hydrogen-bond donors (Lipinski definition) is 1. The molecule has 1 aliphatic heterocycles. The van der Waals surface area contributed by atoms with Crippen molar-refractivity contribution in [1.82, 2.24) is 0 Å². The van der Waals surface area contributed by atoms with Crippen LogP contribution in [0.25, 0.3) is 0 Å². The second-order valence-corrected chi connectivity index (χ2v) is 7.90. The summed E-state index contributed by atoms with van der Waals surface area (Å²) in [5.41, 5.74) is 6.26. The standard InChI is InChI=1S/C10H14BrNS3/c11-7-1-2-14-9(7)5-8(12)10-6-13-3-4-15-10/h1-2,8,10H,3-6,12H2. The third kappa shape index (κ3) is 3.40. The highest BCUT2D eigenvalue weighted by atomic mass is 79.9. The molecule has 0 aromatic carbocycles. The molecule has 84 valence electrons. The summed E-state index contributed by atoms with van der Waals surface area (Å²) >= 11 is 9.44. The van der Waals surface area contributed by atoms with E-state index in [1.807, 2.05) is 23.5 Å². The Balaban J connectivity index is 1.91. The molecule has 2 atom stereocenters. The van der Waals surface area contributed by atoms with Gasteiger partial charge in [-0.2, -0.15) is 23.5 Å².